The van der Waals surface area contributed by atoms with E-state index < -0.39 is 0 Å². The Labute approximate surface area is 130 Å². The molecule has 1 N–H and O–H groups in total. The average molecular weight is 305 g/mol. The predicted molar refractivity (Wildman–Crippen MR) is 84.1 cm³/mol. The first kappa shape index (κ1) is 15.2. The number of fused-ring (bicyclic) bond motifs is 1. The lowest BCUT2D eigenvalue weighted by molar-refractivity contribution is -0.124. The molecule has 3 heterocycles. The smallest absolute Gasteiger partial charge is 0.253 e. The van der Waals surface area contributed by atoms with Gasteiger partial charge in [0.25, 0.3) is 5.91 Å². The minimum Gasteiger partial charge on any atom is -0.376 e. The van der Waals surface area contributed by atoms with Crippen LogP contribution in [0.3, 0.4) is 0 Å². The van der Waals surface area contributed by atoms with E-state index in [-0.39, 0.29) is 24.2 Å². The highest BCUT2D eigenvalue weighted by atomic mass is 16.5. The number of carbonyl (C=O) groups excluding carboxylic acids is 1. The van der Waals surface area contributed by atoms with Crippen LogP contribution in [0.15, 0.2) is 18.3 Å². The van der Waals surface area contributed by atoms with E-state index in [1.54, 1.807) is 11.1 Å². The summed E-state index contributed by atoms with van der Waals surface area (Å²) in [7, 11) is 0. The van der Waals surface area contributed by atoms with Gasteiger partial charge in [0.2, 0.25) is 0 Å². The van der Waals surface area contributed by atoms with Crippen molar-refractivity contribution < 1.29 is 14.3 Å². The normalized spacial score (nSPS) is 23.0. The molecule has 1 amide bonds. The first-order valence-corrected chi connectivity index (χ1v) is 7.78. The van der Waals surface area contributed by atoms with Gasteiger partial charge in [0.1, 0.15) is 12.4 Å². The lowest BCUT2D eigenvalue weighted by Gasteiger charge is -2.40. The van der Waals surface area contributed by atoms with Crippen LogP contribution >= 0.6 is 0 Å². The molecule has 0 bridgehead atoms. The Morgan fingerprint density at radius 2 is 2.45 bits per heavy atom. The summed E-state index contributed by atoms with van der Waals surface area (Å²) in [4.78, 5) is 18.6. The zero-order valence-corrected chi connectivity index (χ0v) is 13.2. The molecular weight excluding hydrogens is 282 g/mol. The summed E-state index contributed by atoms with van der Waals surface area (Å²) in [6.07, 6.45) is 3.96. The summed E-state index contributed by atoms with van der Waals surface area (Å²) in [6, 6.07) is 3.74. The van der Waals surface area contributed by atoms with E-state index >= 15 is 0 Å². The van der Waals surface area contributed by atoms with E-state index in [1.165, 1.54) is 0 Å². The molecule has 2 aliphatic rings. The second-order valence-corrected chi connectivity index (χ2v) is 6.51. The van der Waals surface area contributed by atoms with Crippen LogP contribution in [0.2, 0.25) is 0 Å². The lowest BCUT2D eigenvalue weighted by Crippen LogP contribution is -2.52. The van der Waals surface area contributed by atoms with Crippen LogP contribution in [-0.4, -0.2) is 48.9 Å². The topological polar surface area (TPSA) is 63.7 Å². The fraction of sp³-hybridized carbons (Fsp3) is 0.625. The van der Waals surface area contributed by atoms with Gasteiger partial charge in [-0.3, -0.25) is 4.79 Å². The van der Waals surface area contributed by atoms with Crippen molar-refractivity contribution >= 4 is 17.4 Å². The molecule has 1 unspecified atom stereocenters. The standard InChI is InChI=1S/C16H23N3O3/c1-16(2)11-19(13-6-3-7-17-15(13)18-16)14(20)10-21-9-12-5-4-8-22-12/h3,6-7,12H,4-5,8-11H2,1-2H3,(H,17,18). The Balaban J connectivity index is 1.63. The van der Waals surface area contributed by atoms with E-state index in [4.69, 9.17) is 9.47 Å². The van der Waals surface area contributed by atoms with Crippen molar-refractivity contribution in [3.05, 3.63) is 18.3 Å². The van der Waals surface area contributed by atoms with E-state index in [0.29, 0.717) is 13.2 Å². The SMILES string of the molecule is CC1(C)CN(C(=O)COCC2CCCO2)c2cccnc2N1. The zero-order valence-electron chi connectivity index (χ0n) is 13.2. The maximum absolute atomic E-state index is 12.5. The second-order valence-electron chi connectivity index (χ2n) is 6.51. The maximum Gasteiger partial charge on any atom is 0.253 e. The summed E-state index contributed by atoms with van der Waals surface area (Å²) in [5.41, 5.74) is 0.596. The largest absolute Gasteiger partial charge is 0.376 e. The van der Waals surface area contributed by atoms with E-state index in [2.05, 4.69) is 24.1 Å². The number of nitrogens with one attached hydrogen (secondary N) is 1. The van der Waals surface area contributed by atoms with Crippen molar-refractivity contribution in [1.82, 2.24) is 4.98 Å². The second kappa shape index (κ2) is 6.22. The van der Waals surface area contributed by atoms with Gasteiger partial charge in [0.05, 0.1) is 23.9 Å². The molecule has 0 aromatic carbocycles. The van der Waals surface area contributed by atoms with Crippen LogP contribution in [0.5, 0.6) is 0 Å². The highest BCUT2D eigenvalue weighted by Gasteiger charge is 2.33. The molecule has 3 rings (SSSR count). The molecule has 22 heavy (non-hydrogen) atoms. The van der Waals surface area contributed by atoms with E-state index in [0.717, 1.165) is 31.0 Å². The monoisotopic (exact) mass is 305 g/mol. The number of hydrogen-bond acceptors (Lipinski definition) is 5. The quantitative estimate of drug-likeness (QED) is 0.919. The number of amides is 1. The number of nitrogens with zero attached hydrogens (tertiary/aromatic N) is 2. The molecule has 1 saturated heterocycles. The molecule has 2 aliphatic heterocycles. The van der Waals surface area contributed by atoms with Gasteiger partial charge < -0.3 is 19.7 Å². The number of rotatable bonds is 4. The molecule has 1 aromatic rings. The van der Waals surface area contributed by atoms with Gasteiger partial charge in [0, 0.05) is 19.3 Å². The molecule has 1 atom stereocenters. The number of hydrogen-bond donors (Lipinski definition) is 1. The summed E-state index contributed by atoms with van der Waals surface area (Å²) in [5, 5.41) is 3.36. The molecule has 6 heteroatoms. The summed E-state index contributed by atoms with van der Waals surface area (Å²) in [5.74, 6) is 0.702. The van der Waals surface area contributed by atoms with Crippen LogP contribution in [-0.2, 0) is 14.3 Å². The number of anilines is 2. The summed E-state index contributed by atoms with van der Waals surface area (Å²) < 4.78 is 11.1. The van der Waals surface area contributed by atoms with Gasteiger partial charge >= 0.3 is 0 Å². The van der Waals surface area contributed by atoms with Crippen molar-refractivity contribution in [2.75, 3.05) is 36.6 Å². The number of pyridine rings is 1. The van der Waals surface area contributed by atoms with Crippen molar-refractivity contribution in [2.24, 2.45) is 0 Å². The molecular formula is C16H23N3O3. The highest BCUT2D eigenvalue weighted by Crippen LogP contribution is 2.32. The molecule has 0 saturated carbocycles. The minimum atomic E-state index is -0.217. The van der Waals surface area contributed by atoms with Crippen molar-refractivity contribution in [3.8, 4) is 0 Å². The molecule has 6 nitrogen and oxygen atoms in total. The fourth-order valence-electron chi connectivity index (χ4n) is 2.91. The Morgan fingerprint density at radius 3 is 3.23 bits per heavy atom. The molecule has 1 aromatic heterocycles. The van der Waals surface area contributed by atoms with Gasteiger partial charge in [-0.05, 0) is 38.8 Å². The van der Waals surface area contributed by atoms with Gasteiger partial charge in [-0.25, -0.2) is 4.98 Å². The van der Waals surface area contributed by atoms with Crippen LogP contribution in [0.25, 0.3) is 0 Å². The third-order valence-electron chi connectivity index (χ3n) is 3.94. The molecule has 0 aliphatic carbocycles. The summed E-state index contributed by atoms with van der Waals surface area (Å²) >= 11 is 0. The number of ether oxygens (including phenoxy) is 2. The van der Waals surface area contributed by atoms with Crippen LogP contribution in [0.4, 0.5) is 11.5 Å². The maximum atomic E-state index is 12.5. The predicted octanol–water partition coefficient (Wildman–Crippen LogP) is 1.81. The van der Waals surface area contributed by atoms with Crippen molar-refractivity contribution in [3.63, 3.8) is 0 Å². The molecule has 1 fully saturated rings. The Bertz CT molecular complexity index is 541. The van der Waals surface area contributed by atoms with Gasteiger partial charge in [-0.2, -0.15) is 0 Å². The fourth-order valence-corrected chi connectivity index (χ4v) is 2.91. The van der Waals surface area contributed by atoms with Crippen molar-refractivity contribution in [1.29, 1.82) is 0 Å². The first-order chi connectivity index (χ1) is 10.6. The third-order valence-corrected chi connectivity index (χ3v) is 3.94. The summed E-state index contributed by atoms with van der Waals surface area (Å²) in [6.45, 7) is 6.06. The third kappa shape index (κ3) is 3.39. The van der Waals surface area contributed by atoms with Gasteiger partial charge in [-0.15, -0.1) is 0 Å². The van der Waals surface area contributed by atoms with Crippen LogP contribution < -0.4 is 10.2 Å². The number of aromatic nitrogens is 1. The molecule has 0 radical (unpaired) electrons. The van der Waals surface area contributed by atoms with E-state index in [1.807, 2.05) is 12.1 Å². The Kier molecular flexibility index (Phi) is 4.31. The molecule has 0 spiro atoms. The molecule has 120 valence electrons. The first-order valence-electron chi connectivity index (χ1n) is 7.78. The zero-order chi connectivity index (χ0) is 15.6. The Morgan fingerprint density at radius 1 is 1.59 bits per heavy atom. The minimum absolute atomic E-state index is 0.0400. The lowest BCUT2D eigenvalue weighted by atomic mass is 10.0. The van der Waals surface area contributed by atoms with Crippen LogP contribution in [0.1, 0.15) is 26.7 Å². The Hall–Kier alpha value is -1.66. The highest BCUT2D eigenvalue weighted by molar-refractivity contribution is 5.98. The van der Waals surface area contributed by atoms with Gasteiger partial charge in [0.15, 0.2) is 0 Å². The van der Waals surface area contributed by atoms with Crippen molar-refractivity contribution in [2.45, 2.75) is 38.3 Å². The average Bonchev–Trinajstić information content (AvgIpc) is 2.98. The van der Waals surface area contributed by atoms with E-state index in [9.17, 15) is 4.79 Å². The number of carbonyl (C=O) groups is 1. The van der Waals surface area contributed by atoms with Crippen LogP contribution in [0, 0.1) is 0 Å². The van der Waals surface area contributed by atoms with Gasteiger partial charge in [-0.1, -0.05) is 0 Å².